The summed E-state index contributed by atoms with van der Waals surface area (Å²) < 4.78 is 38.7. The summed E-state index contributed by atoms with van der Waals surface area (Å²) in [6.45, 7) is 2.21. The van der Waals surface area contributed by atoms with E-state index < -0.39 is 17.6 Å². The maximum absolute atomic E-state index is 12.9. The number of nitrogens with one attached hydrogen (secondary N) is 1. The molecule has 1 saturated carbocycles. The number of nitrogens with two attached hydrogens (primary N) is 1. The molecule has 0 heterocycles. The maximum Gasteiger partial charge on any atom is 0.417 e. The molecule has 2 unspecified atom stereocenters. The van der Waals surface area contributed by atoms with Crippen LogP contribution in [0.3, 0.4) is 0 Å². The fourth-order valence-corrected chi connectivity index (χ4v) is 4.17. The fraction of sp³-hybridized carbons (Fsp3) is 0.533. The van der Waals surface area contributed by atoms with Crippen LogP contribution in [0.25, 0.3) is 0 Å². The minimum absolute atomic E-state index is 0.226. The Morgan fingerprint density at radius 1 is 1.33 bits per heavy atom. The lowest BCUT2D eigenvalue weighted by Gasteiger charge is -2.26. The molecule has 0 aliphatic heterocycles. The Bertz CT molecular complexity index is 528. The van der Waals surface area contributed by atoms with E-state index in [1.54, 1.807) is 11.8 Å². The number of hydrogen-bond acceptors (Lipinski definition) is 2. The molecule has 1 fully saturated rings. The first-order valence-electron chi connectivity index (χ1n) is 6.99. The zero-order valence-corrected chi connectivity index (χ0v) is 12.7. The van der Waals surface area contributed by atoms with E-state index in [1.807, 2.05) is 0 Å². The highest BCUT2D eigenvalue weighted by molar-refractivity contribution is 8.00. The molecule has 116 valence electrons. The zero-order valence-electron chi connectivity index (χ0n) is 11.8. The Morgan fingerprint density at radius 2 is 2.05 bits per heavy atom. The van der Waals surface area contributed by atoms with Crippen molar-refractivity contribution >= 4 is 17.6 Å². The van der Waals surface area contributed by atoms with Crippen LogP contribution in [-0.2, 0) is 6.18 Å². The average molecular weight is 316 g/mol. The van der Waals surface area contributed by atoms with Crippen LogP contribution in [0.5, 0.6) is 0 Å². The highest BCUT2D eigenvalue weighted by Crippen LogP contribution is 2.38. The molecule has 6 heteroatoms. The first kappa shape index (κ1) is 16.2. The Labute approximate surface area is 126 Å². The Hall–Kier alpha value is -1.17. The van der Waals surface area contributed by atoms with Crippen molar-refractivity contribution in [2.75, 3.05) is 0 Å². The van der Waals surface area contributed by atoms with Gasteiger partial charge in [-0.1, -0.05) is 19.8 Å². The van der Waals surface area contributed by atoms with Crippen molar-refractivity contribution in [3.8, 4) is 0 Å². The van der Waals surface area contributed by atoms with Gasteiger partial charge < -0.3 is 5.73 Å². The number of amidine groups is 1. The van der Waals surface area contributed by atoms with E-state index in [4.69, 9.17) is 11.1 Å². The van der Waals surface area contributed by atoms with Gasteiger partial charge >= 0.3 is 6.18 Å². The van der Waals surface area contributed by atoms with Gasteiger partial charge in [0.15, 0.2) is 0 Å². The molecule has 1 aromatic carbocycles. The number of hydrogen-bond donors (Lipinski definition) is 2. The van der Waals surface area contributed by atoms with Gasteiger partial charge in [0.1, 0.15) is 5.84 Å². The molecule has 21 heavy (non-hydrogen) atoms. The second kappa shape index (κ2) is 6.30. The first-order valence-corrected chi connectivity index (χ1v) is 7.87. The van der Waals surface area contributed by atoms with Crippen molar-refractivity contribution in [1.29, 1.82) is 5.41 Å². The van der Waals surface area contributed by atoms with Crippen molar-refractivity contribution in [3.05, 3.63) is 29.3 Å². The van der Waals surface area contributed by atoms with Crippen molar-refractivity contribution in [1.82, 2.24) is 0 Å². The van der Waals surface area contributed by atoms with E-state index in [0.29, 0.717) is 11.2 Å². The lowest BCUT2D eigenvalue weighted by Crippen LogP contribution is -2.19. The van der Waals surface area contributed by atoms with Gasteiger partial charge in [0.2, 0.25) is 0 Å². The van der Waals surface area contributed by atoms with Crippen LogP contribution in [0.15, 0.2) is 23.1 Å². The van der Waals surface area contributed by atoms with E-state index in [2.05, 4.69) is 6.92 Å². The summed E-state index contributed by atoms with van der Waals surface area (Å²) in [5.41, 5.74) is 4.25. The Kier molecular flexibility index (Phi) is 4.86. The molecule has 0 aromatic heterocycles. The van der Waals surface area contributed by atoms with Crippen LogP contribution < -0.4 is 5.73 Å². The van der Waals surface area contributed by atoms with E-state index in [-0.39, 0.29) is 5.56 Å². The van der Waals surface area contributed by atoms with Gasteiger partial charge in [-0.15, -0.1) is 11.8 Å². The predicted octanol–water partition coefficient (Wildman–Crippen LogP) is 4.66. The molecule has 0 amide bonds. The normalized spacial score (nSPS) is 23.0. The number of thioether (sulfide) groups is 1. The van der Waals surface area contributed by atoms with Crippen molar-refractivity contribution in [2.24, 2.45) is 11.7 Å². The number of nitrogen functional groups attached to an aromatic ring is 1. The Balaban J connectivity index is 2.22. The van der Waals surface area contributed by atoms with Gasteiger partial charge in [-0.2, -0.15) is 13.2 Å². The SMILES string of the molecule is CC1CCCC(Sc2ccc(C(F)(F)F)c(C(=N)N)c2)C1. The van der Waals surface area contributed by atoms with Gasteiger partial charge in [0.25, 0.3) is 0 Å². The summed E-state index contributed by atoms with van der Waals surface area (Å²) in [4.78, 5) is 0.757. The zero-order chi connectivity index (χ0) is 15.6. The molecule has 3 N–H and O–H groups in total. The van der Waals surface area contributed by atoms with Crippen molar-refractivity contribution in [2.45, 2.75) is 48.9 Å². The standard InChI is InChI=1S/C15H19F3N2S/c1-9-3-2-4-10(7-9)21-11-5-6-13(15(16,17)18)12(8-11)14(19)20/h5-6,8-10H,2-4,7H2,1H3,(H3,19,20). The minimum Gasteiger partial charge on any atom is -0.384 e. The van der Waals surface area contributed by atoms with E-state index in [1.165, 1.54) is 25.0 Å². The van der Waals surface area contributed by atoms with Crippen LogP contribution >= 0.6 is 11.8 Å². The third kappa shape index (κ3) is 4.15. The number of benzene rings is 1. The molecule has 2 rings (SSSR count). The molecule has 0 bridgehead atoms. The van der Waals surface area contributed by atoms with Crippen molar-refractivity contribution in [3.63, 3.8) is 0 Å². The second-order valence-corrected chi connectivity index (χ2v) is 7.00. The Morgan fingerprint density at radius 3 is 2.62 bits per heavy atom. The summed E-state index contributed by atoms with van der Waals surface area (Å²) in [5.74, 6) is 0.125. The number of halogens is 3. The van der Waals surface area contributed by atoms with Gasteiger partial charge in [0, 0.05) is 15.7 Å². The molecule has 1 aromatic rings. The smallest absolute Gasteiger partial charge is 0.384 e. The monoisotopic (exact) mass is 316 g/mol. The van der Waals surface area contributed by atoms with Gasteiger partial charge in [-0.05, 0) is 37.0 Å². The van der Waals surface area contributed by atoms with Crippen LogP contribution in [0.2, 0.25) is 0 Å². The molecule has 1 aliphatic carbocycles. The lowest BCUT2D eigenvalue weighted by atomic mass is 9.91. The third-order valence-corrected chi connectivity index (χ3v) is 5.07. The third-order valence-electron chi connectivity index (χ3n) is 3.78. The number of alkyl halides is 3. The fourth-order valence-electron chi connectivity index (χ4n) is 2.74. The molecule has 0 radical (unpaired) electrons. The first-order chi connectivity index (χ1) is 9.77. The molecule has 1 aliphatic rings. The van der Waals surface area contributed by atoms with Crippen LogP contribution in [0, 0.1) is 11.3 Å². The largest absolute Gasteiger partial charge is 0.417 e. The van der Waals surface area contributed by atoms with E-state index in [9.17, 15) is 13.2 Å². The summed E-state index contributed by atoms with van der Waals surface area (Å²) in [6.07, 6.45) is 0.0812. The summed E-state index contributed by atoms with van der Waals surface area (Å²) in [7, 11) is 0. The van der Waals surface area contributed by atoms with Crippen LogP contribution in [0.4, 0.5) is 13.2 Å². The van der Waals surface area contributed by atoms with Gasteiger partial charge in [-0.25, -0.2) is 0 Å². The topological polar surface area (TPSA) is 49.9 Å². The molecular formula is C15H19F3N2S. The number of rotatable bonds is 3. The molecular weight excluding hydrogens is 297 g/mol. The predicted molar refractivity (Wildman–Crippen MR) is 79.7 cm³/mol. The highest BCUT2D eigenvalue weighted by atomic mass is 32.2. The van der Waals surface area contributed by atoms with Gasteiger partial charge in [-0.3, -0.25) is 5.41 Å². The molecule has 2 nitrogen and oxygen atoms in total. The highest BCUT2D eigenvalue weighted by Gasteiger charge is 2.34. The van der Waals surface area contributed by atoms with Crippen LogP contribution in [-0.4, -0.2) is 11.1 Å². The summed E-state index contributed by atoms with van der Waals surface area (Å²) in [6, 6.07) is 3.92. The lowest BCUT2D eigenvalue weighted by molar-refractivity contribution is -0.137. The van der Waals surface area contributed by atoms with E-state index in [0.717, 1.165) is 23.8 Å². The van der Waals surface area contributed by atoms with E-state index >= 15 is 0 Å². The molecule has 0 saturated heterocycles. The quantitative estimate of drug-likeness (QED) is 0.629. The summed E-state index contributed by atoms with van der Waals surface area (Å²) in [5, 5.41) is 7.81. The van der Waals surface area contributed by atoms with Crippen molar-refractivity contribution < 1.29 is 13.2 Å². The maximum atomic E-state index is 12.9. The average Bonchev–Trinajstić information content (AvgIpc) is 2.37. The van der Waals surface area contributed by atoms with Crippen LogP contribution in [0.1, 0.15) is 43.7 Å². The van der Waals surface area contributed by atoms with Gasteiger partial charge in [0.05, 0.1) is 5.56 Å². The molecule has 2 atom stereocenters. The molecule has 0 spiro atoms. The minimum atomic E-state index is -4.48. The second-order valence-electron chi connectivity index (χ2n) is 5.63. The summed E-state index contributed by atoms with van der Waals surface area (Å²) >= 11 is 1.60.